The van der Waals surface area contributed by atoms with E-state index < -0.39 is 11.7 Å². The molecular weight excluding hydrogens is 319 g/mol. The zero-order valence-corrected chi connectivity index (χ0v) is 12.7. The van der Waals surface area contributed by atoms with E-state index in [0.717, 1.165) is 11.9 Å². The molecule has 24 heavy (non-hydrogen) atoms. The second-order valence-corrected chi connectivity index (χ2v) is 5.40. The Kier molecular flexibility index (Phi) is 4.25. The van der Waals surface area contributed by atoms with E-state index in [1.165, 1.54) is 12.1 Å². The summed E-state index contributed by atoms with van der Waals surface area (Å²) >= 11 is 0. The molecule has 5 nitrogen and oxygen atoms in total. The van der Waals surface area contributed by atoms with Crippen molar-refractivity contribution in [2.24, 2.45) is 0 Å². The van der Waals surface area contributed by atoms with Gasteiger partial charge in [0.1, 0.15) is 0 Å². The van der Waals surface area contributed by atoms with Crippen molar-refractivity contribution in [1.29, 1.82) is 5.26 Å². The van der Waals surface area contributed by atoms with Crippen molar-refractivity contribution in [2.75, 3.05) is 36.0 Å². The third-order valence-corrected chi connectivity index (χ3v) is 3.96. The Bertz CT molecular complexity index is 747. The first kappa shape index (κ1) is 16.1. The summed E-state index contributed by atoms with van der Waals surface area (Å²) in [6.45, 7) is 2.63. The first-order valence-electron chi connectivity index (χ1n) is 7.38. The number of nitrogens with zero attached hydrogens (tertiary/aromatic N) is 5. The van der Waals surface area contributed by atoms with Crippen LogP contribution in [0.25, 0.3) is 0 Å². The monoisotopic (exact) mass is 333 g/mol. The lowest BCUT2D eigenvalue weighted by molar-refractivity contribution is -0.137. The molecule has 1 aliphatic heterocycles. The predicted molar refractivity (Wildman–Crippen MR) is 82.6 cm³/mol. The Morgan fingerprint density at radius 3 is 2.33 bits per heavy atom. The summed E-state index contributed by atoms with van der Waals surface area (Å²) in [5.41, 5.74) is -0.623. The van der Waals surface area contributed by atoms with Crippen LogP contribution in [0.3, 0.4) is 0 Å². The summed E-state index contributed by atoms with van der Waals surface area (Å²) in [6.07, 6.45) is -2.92. The molecule has 0 saturated carbocycles. The lowest BCUT2D eigenvalue weighted by atomic mass is 10.1. The number of hydrogen-bond acceptors (Lipinski definition) is 5. The number of nitriles is 1. The third kappa shape index (κ3) is 3.25. The number of benzene rings is 1. The van der Waals surface area contributed by atoms with Crippen LogP contribution >= 0.6 is 0 Å². The summed E-state index contributed by atoms with van der Waals surface area (Å²) in [4.78, 5) is 4.03. The number of piperazine rings is 1. The fraction of sp³-hybridized carbons (Fsp3) is 0.312. The van der Waals surface area contributed by atoms with Crippen molar-refractivity contribution >= 4 is 11.5 Å². The smallest absolute Gasteiger partial charge is 0.368 e. The van der Waals surface area contributed by atoms with Gasteiger partial charge in [0.25, 0.3) is 0 Å². The van der Waals surface area contributed by atoms with Crippen molar-refractivity contribution in [3.05, 3.63) is 47.7 Å². The minimum absolute atomic E-state index is 0.351. The molecule has 0 radical (unpaired) electrons. The summed E-state index contributed by atoms with van der Waals surface area (Å²) in [7, 11) is 0. The molecule has 1 aromatic heterocycles. The first-order valence-corrected chi connectivity index (χ1v) is 7.38. The van der Waals surface area contributed by atoms with Gasteiger partial charge in [0.15, 0.2) is 5.82 Å². The maximum absolute atomic E-state index is 12.9. The van der Waals surface area contributed by atoms with Gasteiger partial charge in [-0.05, 0) is 30.3 Å². The second kappa shape index (κ2) is 6.35. The van der Waals surface area contributed by atoms with Crippen LogP contribution in [0.5, 0.6) is 0 Å². The molecular formula is C16H14F3N5. The quantitative estimate of drug-likeness (QED) is 0.846. The van der Waals surface area contributed by atoms with E-state index in [2.05, 4.69) is 15.1 Å². The Balaban J connectivity index is 1.74. The molecule has 0 atom stereocenters. The summed E-state index contributed by atoms with van der Waals surface area (Å²) < 4.78 is 38.6. The molecule has 8 heteroatoms. The summed E-state index contributed by atoms with van der Waals surface area (Å²) in [6, 6.07) is 9.02. The van der Waals surface area contributed by atoms with Crippen molar-refractivity contribution in [3.63, 3.8) is 0 Å². The normalized spacial score (nSPS) is 15.2. The average molecular weight is 333 g/mol. The van der Waals surface area contributed by atoms with Crippen LogP contribution in [0.15, 0.2) is 36.5 Å². The number of hydrogen-bond donors (Lipinski definition) is 0. The maximum atomic E-state index is 12.9. The SMILES string of the molecule is N#Cc1cc(N2CCN(c3cccnn3)CC2)ccc1C(F)(F)F. The number of rotatable bonds is 2. The van der Waals surface area contributed by atoms with E-state index in [9.17, 15) is 13.2 Å². The summed E-state index contributed by atoms with van der Waals surface area (Å²) in [5.74, 6) is 0.780. The van der Waals surface area contributed by atoms with Crippen LogP contribution in [0.2, 0.25) is 0 Å². The summed E-state index contributed by atoms with van der Waals surface area (Å²) in [5, 5.41) is 16.9. The van der Waals surface area contributed by atoms with E-state index in [1.807, 2.05) is 17.0 Å². The van der Waals surface area contributed by atoms with E-state index in [0.29, 0.717) is 31.9 Å². The number of alkyl halides is 3. The molecule has 0 bridgehead atoms. The van der Waals surface area contributed by atoms with Gasteiger partial charge in [0, 0.05) is 38.1 Å². The van der Waals surface area contributed by atoms with Gasteiger partial charge in [-0.2, -0.15) is 23.5 Å². The highest BCUT2D eigenvalue weighted by atomic mass is 19.4. The molecule has 0 spiro atoms. The van der Waals surface area contributed by atoms with Gasteiger partial charge in [0.2, 0.25) is 0 Å². The predicted octanol–water partition coefficient (Wildman–Crippen LogP) is 2.69. The van der Waals surface area contributed by atoms with Gasteiger partial charge in [-0.15, -0.1) is 5.10 Å². The van der Waals surface area contributed by atoms with Gasteiger partial charge in [-0.25, -0.2) is 0 Å². The number of halogens is 3. The highest BCUT2D eigenvalue weighted by Crippen LogP contribution is 2.34. The number of anilines is 2. The van der Waals surface area contributed by atoms with Crippen molar-refractivity contribution in [1.82, 2.24) is 10.2 Å². The largest absolute Gasteiger partial charge is 0.417 e. The minimum atomic E-state index is -4.52. The standard InChI is InChI=1S/C16H14F3N5/c17-16(18,19)14-4-3-13(10-12(14)11-20)23-6-8-24(9-7-23)15-2-1-5-21-22-15/h1-5,10H,6-9H2. The van der Waals surface area contributed by atoms with Gasteiger partial charge in [-0.1, -0.05) is 0 Å². The highest BCUT2D eigenvalue weighted by molar-refractivity contribution is 5.56. The Hall–Kier alpha value is -2.82. The minimum Gasteiger partial charge on any atom is -0.368 e. The molecule has 0 N–H and O–H groups in total. The first-order chi connectivity index (χ1) is 11.5. The van der Waals surface area contributed by atoms with Crippen LogP contribution < -0.4 is 9.80 Å². The van der Waals surface area contributed by atoms with E-state index >= 15 is 0 Å². The molecule has 1 aromatic carbocycles. The molecule has 1 aliphatic rings. The molecule has 1 fully saturated rings. The molecule has 1 saturated heterocycles. The highest BCUT2D eigenvalue weighted by Gasteiger charge is 2.34. The van der Waals surface area contributed by atoms with E-state index in [4.69, 9.17) is 5.26 Å². The van der Waals surface area contributed by atoms with Gasteiger partial charge in [0.05, 0.1) is 17.2 Å². The zero-order chi connectivity index (χ0) is 17.2. The molecule has 2 heterocycles. The van der Waals surface area contributed by atoms with E-state index in [1.54, 1.807) is 12.3 Å². The Labute approximate surface area is 136 Å². The molecule has 3 rings (SSSR count). The maximum Gasteiger partial charge on any atom is 0.417 e. The molecule has 124 valence electrons. The van der Waals surface area contributed by atoms with E-state index in [-0.39, 0.29) is 5.56 Å². The van der Waals surface area contributed by atoms with Gasteiger partial charge >= 0.3 is 6.18 Å². The molecule has 0 amide bonds. The fourth-order valence-corrected chi connectivity index (χ4v) is 2.72. The molecule has 0 unspecified atom stereocenters. The van der Waals surface area contributed by atoms with Crippen molar-refractivity contribution in [3.8, 4) is 6.07 Å². The second-order valence-electron chi connectivity index (χ2n) is 5.40. The lowest BCUT2D eigenvalue weighted by Crippen LogP contribution is -2.46. The van der Waals surface area contributed by atoms with Gasteiger partial charge in [-0.3, -0.25) is 0 Å². The fourth-order valence-electron chi connectivity index (χ4n) is 2.72. The number of aromatic nitrogens is 2. The topological polar surface area (TPSA) is 56.1 Å². The third-order valence-electron chi connectivity index (χ3n) is 3.96. The van der Waals surface area contributed by atoms with Crippen LogP contribution in [0.4, 0.5) is 24.7 Å². The van der Waals surface area contributed by atoms with Crippen LogP contribution in [-0.4, -0.2) is 36.4 Å². The Morgan fingerprint density at radius 1 is 1.04 bits per heavy atom. The van der Waals surface area contributed by atoms with Crippen LogP contribution in [-0.2, 0) is 6.18 Å². The average Bonchev–Trinajstić information content (AvgIpc) is 2.61. The van der Waals surface area contributed by atoms with Crippen molar-refractivity contribution in [2.45, 2.75) is 6.18 Å². The zero-order valence-electron chi connectivity index (χ0n) is 12.7. The Morgan fingerprint density at radius 2 is 1.75 bits per heavy atom. The van der Waals surface area contributed by atoms with Crippen LogP contribution in [0.1, 0.15) is 11.1 Å². The molecule has 2 aromatic rings. The molecule has 0 aliphatic carbocycles. The van der Waals surface area contributed by atoms with Crippen LogP contribution in [0, 0.1) is 11.3 Å². The lowest BCUT2D eigenvalue weighted by Gasteiger charge is -2.36. The van der Waals surface area contributed by atoms with Gasteiger partial charge < -0.3 is 9.80 Å². The van der Waals surface area contributed by atoms with Crippen molar-refractivity contribution < 1.29 is 13.2 Å².